The Morgan fingerprint density at radius 3 is 2.75 bits per heavy atom. The maximum Gasteiger partial charge on any atom is 0.264 e. The van der Waals surface area contributed by atoms with E-state index in [1.54, 1.807) is 12.1 Å². The molecule has 0 saturated heterocycles. The van der Waals surface area contributed by atoms with Crippen molar-refractivity contribution in [3.05, 3.63) is 70.3 Å². The number of anilines is 1. The molecule has 1 amide bonds. The van der Waals surface area contributed by atoms with Crippen LogP contribution in [0, 0.1) is 23.7 Å². The van der Waals surface area contributed by atoms with Gasteiger partial charge in [-0.25, -0.2) is 13.1 Å². The van der Waals surface area contributed by atoms with E-state index >= 15 is 0 Å². The number of aliphatic hydroxyl groups is 1. The summed E-state index contributed by atoms with van der Waals surface area (Å²) in [4.78, 5) is 15.9. The Bertz CT molecular complexity index is 1570. The molecule has 2 fully saturated rings. The maximum atomic E-state index is 13.7. The fraction of sp³-hybridized carbons (Fsp3) is 0.571. The zero-order valence-corrected chi connectivity index (χ0v) is 27.0. The molecule has 0 unspecified atom stereocenters. The van der Waals surface area contributed by atoms with Gasteiger partial charge in [0.1, 0.15) is 5.75 Å². The Kier molecular flexibility index (Phi) is 7.99. The molecule has 2 bridgehead atoms. The van der Waals surface area contributed by atoms with E-state index < -0.39 is 27.3 Å². The number of hydrogen-bond acceptors (Lipinski definition) is 6. The van der Waals surface area contributed by atoms with Crippen LogP contribution in [0.5, 0.6) is 5.75 Å². The highest BCUT2D eigenvalue weighted by molar-refractivity contribution is 7.90. The summed E-state index contributed by atoms with van der Waals surface area (Å²) >= 11 is 6.41. The molecule has 44 heavy (non-hydrogen) atoms. The number of nitrogens with one attached hydrogen (secondary N) is 1. The summed E-state index contributed by atoms with van der Waals surface area (Å²) in [6.07, 6.45) is 11.4. The topological polar surface area (TPSA) is 95.9 Å². The first-order valence-corrected chi connectivity index (χ1v) is 18.3. The molecule has 236 valence electrons. The first-order chi connectivity index (χ1) is 21.1. The third kappa shape index (κ3) is 5.78. The van der Waals surface area contributed by atoms with Crippen LogP contribution in [-0.2, 0) is 21.9 Å². The van der Waals surface area contributed by atoms with Gasteiger partial charge >= 0.3 is 0 Å². The van der Waals surface area contributed by atoms with E-state index in [0.717, 1.165) is 62.2 Å². The summed E-state index contributed by atoms with van der Waals surface area (Å²) in [5, 5.41) is 11.3. The number of aryl methyl sites for hydroxylation is 1. The predicted octanol–water partition coefficient (Wildman–Crippen LogP) is 6.02. The molecule has 2 saturated carbocycles. The second kappa shape index (κ2) is 11.7. The minimum Gasteiger partial charge on any atom is -0.490 e. The largest absolute Gasteiger partial charge is 0.490 e. The lowest BCUT2D eigenvalue weighted by Crippen LogP contribution is -2.49. The summed E-state index contributed by atoms with van der Waals surface area (Å²) in [6.45, 7) is 3.87. The summed E-state index contributed by atoms with van der Waals surface area (Å²) in [5.41, 5.74) is 3.38. The third-order valence-electron chi connectivity index (χ3n) is 11.0. The highest BCUT2D eigenvalue weighted by Crippen LogP contribution is 2.47. The molecule has 0 aromatic heterocycles. The van der Waals surface area contributed by atoms with Crippen molar-refractivity contribution in [3.8, 4) is 5.75 Å². The lowest BCUT2D eigenvalue weighted by molar-refractivity contribution is 0.0455. The Balaban J connectivity index is 1.28. The Labute approximate surface area is 266 Å². The molecule has 5 aliphatic rings. The standard InChI is InChI=1S/C35H43ClN2O5S/c1-22-4-2-6-31(39)28-12-9-26(28)19-38-20-35(15-3-5-24-17-27(36)11-13-29(24)35)21-43-32-14-10-25(18-30(32)38)34(40)37-44(41,42)33(22)16-23-7-8-23/h2,6,10-11,13-14,17-18,22-23,26,28,31,33,39H,3-5,7-9,12,15-16,19-21H2,1H3,(H,37,40)/b6-2+/t22-,26-,28+,31-,33+,35-/m0/s1. The molecule has 2 aliphatic heterocycles. The normalized spacial score (nSPS) is 34.0. The van der Waals surface area contributed by atoms with Crippen molar-refractivity contribution in [1.82, 2.24) is 4.72 Å². The fourth-order valence-electron chi connectivity index (χ4n) is 8.15. The van der Waals surface area contributed by atoms with Crippen LogP contribution < -0.4 is 14.4 Å². The van der Waals surface area contributed by atoms with Crippen LogP contribution >= 0.6 is 11.6 Å². The number of benzene rings is 2. The van der Waals surface area contributed by atoms with E-state index in [4.69, 9.17) is 16.3 Å². The van der Waals surface area contributed by atoms with Crippen LogP contribution in [0.2, 0.25) is 5.02 Å². The Morgan fingerprint density at radius 1 is 1.14 bits per heavy atom. The van der Waals surface area contributed by atoms with E-state index in [1.807, 2.05) is 31.2 Å². The van der Waals surface area contributed by atoms with E-state index in [9.17, 15) is 18.3 Å². The van der Waals surface area contributed by atoms with Crippen molar-refractivity contribution in [2.75, 3.05) is 24.6 Å². The summed E-state index contributed by atoms with van der Waals surface area (Å²) in [7, 11) is -3.93. The van der Waals surface area contributed by atoms with Gasteiger partial charge in [0.2, 0.25) is 10.0 Å². The minimum atomic E-state index is -3.93. The summed E-state index contributed by atoms with van der Waals surface area (Å²) in [6, 6.07) is 11.5. The molecule has 6 atom stereocenters. The number of carbonyl (C=O) groups excluding carboxylic acids is 1. The average molecular weight is 639 g/mol. The smallest absolute Gasteiger partial charge is 0.264 e. The van der Waals surface area contributed by atoms with Gasteiger partial charge in [0.05, 0.1) is 23.6 Å². The van der Waals surface area contributed by atoms with Crippen molar-refractivity contribution in [2.45, 2.75) is 81.5 Å². The lowest BCUT2D eigenvalue weighted by Gasteiger charge is -2.45. The lowest BCUT2D eigenvalue weighted by atomic mass is 9.68. The number of amides is 1. The summed E-state index contributed by atoms with van der Waals surface area (Å²) in [5.74, 6) is 0.716. The molecule has 2 aromatic carbocycles. The number of allylic oxidation sites excluding steroid dienone is 1. The van der Waals surface area contributed by atoms with E-state index in [-0.39, 0.29) is 23.2 Å². The van der Waals surface area contributed by atoms with Gasteiger partial charge in [-0.2, -0.15) is 0 Å². The van der Waals surface area contributed by atoms with Crippen molar-refractivity contribution in [1.29, 1.82) is 0 Å². The molecule has 9 heteroatoms. The number of carbonyl (C=O) groups is 1. The third-order valence-corrected chi connectivity index (χ3v) is 13.2. The highest BCUT2D eigenvalue weighted by atomic mass is 35.5. The number of ether oxygens (including phenoxy) is 1. The van der Waals surface area contributed by atoms with E-state index in [1.165, 1.54) is 11.1 Å². The molecule has 3 aliphatic carbocycles. The zero-order chi connectivity index (χ0) is 30.6. The second-order valence-corrected chi connectivity index (χ2v) is 16.4. The van der Waals surface area contributed by atoms with Crippen LogP contribution in [0.25, 0.3) is 0 Å². The molecule has 1 spiro atoms. The maximum absolute atomic E-state index is 13.7. The molecular formula is C35H43ClN2O5S. The fourth-order valence-corrected chi connectivity index (χ4v) is 10.1. The van der Waals surface area contributed by atoms with Crippen molar-refractivity contribution < 1.29 is 23.1 Å². The Hall–Kier alpha value is -2.55. The number of nitrogens with zero attached hydrogens (tertiary/aromatic N) is 1. The molecular weight excluding hydrogens is 596 g/mol. The van der Waals surface area contributed by atoms with Crippen LogP contribution in [0.1, 0.15) is 79.8 Å². The van der Waals surface area contributed by atoms with Crippen LogP contribution in [-0.4, -0.2) is 50.5 Å². The molecule has 2 N–H and O–H groups in total. The predicted molar refractivity (Wildman–Crippen MR) is 173 cm³/mol. The van der Waals surface area contributed by atoms with Gasteiger partial charge in [-0.1, -0.05) is 49.6 Å². The van der Waals surface area contributed by atoms with Gasteiger partial charge in [-0.3, -0.25) is 4.79 Å². The number of sulfonamides is 1. The number of rotatable bonds is 2. The first kappa shape index (κ1) is 30.1. The monoisotopic (exact) mass is 638 g/mol. The van der Waals surface area contributed by atoms with Gasteiger partial charge in [-0.05, 0) is 110 Å². The van der Waals surface area contributed by atoms with Crippen molar-refractivity contribution in [2.24, 2.45) is 23.7 Å². The number of fused-ring (bicyclic) bond motifs is 4. The van der Waals surface area contributed by atoms with Crippen molar-refractivity contribution >= 4 is 33.2 Å². The van der Waals surface area contributed by atoms with Gasteiger partial charge < -0.3 is 14.7 Å². The number of aliphatic hydroxyl groups excluding tert-OH is 1. The van der Waals surface area contributed by atoms with Gasteiger partial charge in [0, 0.05) is 29.1 Å². The van der Waals surface area contributed by atoms with Crippen molar-refractivity contribution in [3.63, 3.8) is 0 Å². The number of halogens is 1. The van der Waals surface area contributed by atoms with Gasteiger partial charge in [0.25, 0.3) is 5.91 Å². The molecule has 0 radical (unpaired) electrons. The molecule has 7 rings (SSSR count). The van der Waals surface area contributed by atoms with E-state index in [0.29, 0.717) is 43.2 Å². The van der Waals surface area contributed by atoms with Crippen LogP contribution in [0.15, 0.2) is 48.6 Å². The zero-order valence-electron chi connectivity index (χ0n) is 25.4. The molecule has 7 nitrogen and oxygen atoms in total. The van der Waals surface area contributed by atoms with Crippen LogP contribution in [0.3, 0.4) is 0 Å². The van der Waals surface area contributed by atoms with Crippen LogP contribution in [0.4, 0.5) is 5.69 Å². The number of hydrogen-bond donors (Lipinski definition) is 2. The SMILES string of the molecule is C[C@H]1C/C=C/[C@H](O)[C@@H]2CC[C@H]2CN2C[C@@]3(CCCc4cc(Cl)ccc43)COc3ccc(cc32)C(=O)NS(=O)(=O)[C@@H]1CC1CC1. The highest BCUT2D eigenvalue weighted by Gasteiger charge is 2.44. The van der Waals surface area contributed by atoms with Gasteiger partial charge in [-0.15, -0.1) is 0 Å². The first-order valence-electron chi connectivity index (χ1n) is 16.3. The quantitative estimate of drug-likeness (QED) is 0.391. The molecule has 2 heterocycles. The van der Waals surface area contributed by atoms with E-state index in [2.05, 4.69) is 21.8 Å². The molecule has 2 aromatic rings. The summed E-state index contributed by atoms with van der Waals surface area (Å²) < 4.78 is 36.4. The Morgan fingerprint density at radius 2 is 1.98 bits per heavy atom. The van der Waals surface area contributed by atoms with Gasteiger partial charge in [0.15, 0.2) is 0 Å². The average Bonchev–Trinajstić information content (AvgIpc) is 3.81. The second-order valence-electron chi connectivity index (χ2n) is 14.1. The minimum absolute atomic E-state index is 0.132.